The van der Waals surface area contributed by atoms with Crippen molar-refractivity contribution in [3.8, 4) is 0 Å². The lowest BCUT2D eigenvalue weighted by atomic mass is 9.97. The molecular formula is C19H23N3O2S. The summed E-state index contributed by atoms with van der Waals surface area (Å²) in [5.74, 6) is 0.357. The van der Waals surface area contributed by atoms with Crippen LogP contribution in [-0.4, -0.2) is 11.9 Å². The van der Waals surface area contributed by atoms with Crippen molar-refractivity contribution in [3.05, 3.63) is 46.7 Å². The molecule has 3 rings (SSSR count). The van der Waals surface area contributed by atoms with Gasteiger partial charge in [0.15, 0.2) is 0 Å². The Morgan fingerprint density at radius 2 is 1.80 bits per heavy atom. The number of amides is 3. The van der Waals surface area contributed by atoms with E-state index in [4.69, 9.17) is 0 Å². The number of thiophene rings is 1. The van der Waals surface area contributed by atoms with Gasteiger partial charge in [-0.25, -0.2) is 4.79 Å². The molecule has 132 valence electrons. The lowest BCUT2D eigenvalue weighted by molar-refractivity contribution is -0.114. The van der Waals surface area contributed by atoms with Crippen molar-refractivity contribution in [2.45, 2.75) is 38.6 Å². The number of carbonyl (C=O) groups excluding carboxylic acids is 2. The zero-order valence-corrected chi connectivity index (χ0v) is 15.1. The summed E-state index contributed by atoms with van der Waals surface area (Å²) >= 11 is 1.69. The summed E-state index contributed by atoms with van der Waals surface area (Å²) in [5.41, 5.74) is 1.32. The minimum atomic E-state index is -0.217. The second-order valence-corrected chi connectivity index (χ2v) is 7.38. The van der Waals surface area contributed by atoms with Gasteiger partial charge in [-0.1, -0.05) is 25.0 Å². The third-order valence-electron chi connectivity index (χ3n) is 4.45. The quantitative estimate of drug-likeness (QED) is 0.722. The predicted molar refractivity (Wildman–Crippen MR) is 102 cm³/mol. The zero-order chi connectivity index (χ0) is 17.6. The molecule has 0 saturated heterocycles. The number of rotatable bonds is 5. The summed E-state index contributed by atoms with van der Waals surface area (Å²) in [6, 6.07) is 11.1. The Hall–Kier alpha value is -2.34. The largest absolute Gasteiger partial charge is 0.330 e. The van der Waals surface area contributed by atoms with E-state index < -0.39 is 0 Å². The number of hydrogen-bond acceptors (Lipinski definition) is 3. The number of nitrogens with one attached hydrogen (secondary N) is 3. The van der Waals surface area contributed by atoms with E-state index in [1.807, 2.05) is 11.4 Å². The molecule has 0 aliphatic heterocycles. The number of benzene rings is 1. The van der Waals surface area contributed by atoms with E-state index in [1.165, 1.54) is 24.6 Å². The number of carbonyl (C=O) groups is 2. The SMILES string of the molecule is CC(=O)Nc1cccc(NC(=O)NC(c2cccs2)C2CCCC2)c1. The van der Waals surface area contributed by atoms with E-state index in [0.29, 0.717) is 17.3 Å². The fraction of sp³-hybridized carbons (Fsp3) is 0.368. The normalized spacial score (nSPS) is 15.6. The first-order valence-electron chi connectivity index (χ1n) is 8.60. The minimum Gasteiger partial charge on any atom is -0.330 e. The lowest BCUT2D eigenvalue weighted by Crippen LogP contribution is -2.35. The second-order valence-electron chi connectivity index (χ2n) is 6.40. The molecule has 1 atom stereocenters. The predicted octanol–water partition coefficient (Wildman–Crippen LogP) is 4.76. The standard InChI is InChI=1S/C19H23N3O2S/c1-13(23)20-15-8-4-9-16(12-15)21-19(24)22-18(14-6-2-3-7-14)17-10-5-11-25-17/h4-5,8-12,14,18H,2-3,6-7H2,1H3,(H,20,23)(H2,21,22,24). The molecule has 1 unspecified atom stereocenters. The van der Waals surface area contributed by atoms with Crippen molar-refractivity contribution in [2.75, 3.05) is 10.6 Å². The van der Waals surface area contributed by atoms with Gasteiger partial charge in [0.1, 0.15) is 0 Å². The Kier molecular flexibility index (Phi) is 5.71. The molecule has 6 heteroatoms. The Bertz CT molecular complexity index is 724. The molecule has 1 saturated carbocycles. The van der Waals surface area contributed by atoms with Crippen LogP contribution in [-0.2, 0) is 4.79 Å². The topological polar surface area (TPSA) is 70.2 Å². The maximum Gasteiger partial charge on any atom is 0.319 e. The monoisotopic (exact) mass is 357 g/mol. The third kappa shape index (κ3) is 4.82. The van der Waals surface area contributed by atoms with E-state index in [1.54, 1.807) is 35.6 Å². The molecule has 0 spiro atoms. The Balaban J connectivity index is 1.66. The maximum atomic E-state index is 12.5. The van der Waals surface area contributed by atoms with Crippen LogP contribution in [0.25, 0.3) is 0 Å². The van der Waals surface area contributed by atoms with E-state index in [2.05, 4.69) is 22.0 Å². The molecule has 3 N–H and O–H groups in total. The Morgan fingerprint density at radius 3 is 2.44 bits per heavy atom. The summed E-state index contributed by atoms with van der Waals surface area (Å²) in [6.45, 7) is 1.46. The van der Waals surface area contributed by atoms with Crippen LogP contribution in [0, 0.1) is 5.92 Å². The van der Waals surface area contributed by atoms with Crippen LogP contribution in [0.2, 0.25) is 0 Å². The fourth-order valence-electron chi connectivity index (χ4n) is 3.37. The van der Waals surface area contributed by atoms with Gasteiger partial charge < -0.3 is 16.0 Å². The lowest BCUT2D eigenvalue weighted by Gasteiger charge is -2.24. The number of hydrogen-bond donors (Lipinski definition) is 3. The van der Waals surface area contributed by atoms with Crippen molar-refractivity contribution in [2.24, 2.45) is 5.92 Å². The molecule has 0 bridgehead atoms. The third-order valence-corrected chi connectivity index (χ3v) is 5.40. The van der Waals surface area contributed by atoms with Crippen LogP contribution in [0.3, 0.4) is 0 Å². The average molecular weight is 357 g/mol. The first kappa shape index (κ1) is 17.5. The molecule has 25 heavy (non-hydrogen) atoms. The average Bonchev–Trinajstić information content (AvgIpc) is 3.26. The first-order valence-corrected chi connectivity index (χ1v) is 9.48. The summed E-state index contributed by atoms with van der Waals surface area (Å²) in [6.07, 6.45) is 4.77. The molecule has 1 aliphatic carbocycles. The number of anilines is 2. The van der Waals surface area contributed by atoms with Crippen LogP contribution in [0.4, 0.5) is 16.2 Å². The zero-order valence-electron chi connectivity index (χ0n) is 14.2. The molecule has 1 aromatic heterocycles. The van der Waals surface area contributed by atoms with Gasteiger partial charge in [-0.05, 0) is 48.4 Å². The van der Waals surface area contributed by atoms with Crippen molar-refractivity contribution < 1.29 is 9.59 Å². The highest BCUT2D eigenvalue weighted by Gasteiger charge is 2.28. The summed E-state index contributed by atoms with van der Waals surface area (Å²) in [7, 11) is 0. The van der Waals surface area contributed by atoms with Gasteiger partial charge in [0, 0.05) is 23.2 Å². The van der Waals surface area contributed by atoms with Crippen molar-refractivity contribution in [1.29, 1.82) is 0 Å². The summed E-state index contributed by atoms with van der Waals surface area (Å²) in [4.78, 5) is 24.9. The van der Waals surface area contributed by atoms with Gasteiger partial charge in [0.25, 0.3) is 0 Å². The second kappa shape index (κ2) is 8.16. The van der Waals surface area contributed by atoms with E-state index >= 15 is 0 Å². The molecule has 2 aromatic rings. The molecule has 5 nitrogen and oxygen atoms in total. The Labute approximate surface area is 151 Å². The molecule has 1 aromatic carbocycles. The molecule has 3 amide bonds. The number of urea groups is 1. The van der Waals surface area contributed by atoms with E-state index in [0.717, 1.165) is 12.8 Å². The highest BCUT2D eigenvalue weighted by Crippen LogP contribution is 2.37. The van der Waals surface area contributed by atoms with Crippen LogP contribution < -0.4 is 16.0 Å². The van der Waals surface area contributed by atoms with Crippen LogP contribution in [0.15, 0.2) is 41.8 Å². The highest BCUT2D eigenvalue weighted by atomic mass is 32.1. The van der Waals surface area contributed by atoms with Crippen LogP contribution >= 0.6 is 11.3 Å². The summed E-state index contributed by atoms with van der Waals surface area (Å²) in [5, 5.41) is 10.8. The van der Waals surface area contributed by atoms with Gasteiger partial charge in [-0.2, -0.15) is 0 Å². The summed E-state index contributed by atoms with van der Waals surface area (Å²) < 4.78 is 0. The molecule has 1 aliphatic rings. The molecule has 1 heterocycles. The highest BCUT2D eigenvalue weighted by molar-refractivity contribution is 7.10. The van der Waals surface area contributed by atoms with Gasteiger partial charge in [0.05, 0.1) is 6.04 Å². The van der Waals surface area contributed by atoms with Gasteiger partial charge in [-0.15, -0.1) is 11.3 Å². The van der Waals surface area contributed by atoms with Crippen molar-refractivity contribution in [3.63, 3.8) is 0 Å². The van der Waals surface area contributed by atoms with Gasteiger partial charge in [-0.3, -0.25) is 4.79 Å². The molecule has 0 radical (unpaired) electrons. The van der Waals surface area contributed by atoms with Crippen molar-refractivity contribution >= 4 is 34.6 Å². The van der Waals surface area contributed by atoms with E-state index in [9.17, 15) is 9.59 Å². The van der Waals surface area contributed by atoms with Gasteiger partial charge >= 0.3 is 6.03 Å². The van der Waals surface area contributed by atoms with Crippen LogP contribution in [0.5, 0.6) is 0 Å². The van der Waals surface area contributed by atoms with Crippen LogP contribution in [0.1, 0.15) is 43.5 Å². The minimum absolute atomic E-state index is 0.0565. The Morgan fingerprint density at radius 1 is 1.08 bits per heavy atom. The maximum absolute atomic E-state index is 12.5. The smallest absolute Gasteiger partial charge is 0.319 e. The van der Waals surface area contributed by atoms with Crippen molar-refractivity contribution in [1.82, 2.24) is 5.32 Å². The fourth-order valence-corrected chi connectivity index (χ4v) is 4.24. The molecule has 1 fully saturated rings. The van der Waals surface area contributed by atoms with E-state index in [-0.39, 0.29) is 18.0 Å². The molecular weight excluding hydrogens is 334 g/mol. The van der Waals surface area contributed by atoms with Gasteiger partial charge in [0.2, 0.25) is 5.91 Å². The first-order chi connectivity index (χ1) is 12.1.